The largest absolute Gasteiger partial charge is 0.337 e. The zero-order chi connectivity index (χ0) is 14.8. The number of hydrogen-bond acceptors (Lipinski definition) is 5. The molecule has 0 amide bonds. The van der Waals surface area contributed by atoms with Gasteiger partial charge in [-0.1, -0.05) is 5.16 Å². The highest BCUT2D eigenvalue weighted by Gasteiger charge is 2.23. The molecule has 1 aromatic heterocycles. The van der Waals surface area contributed by atoms with Crippen LogP contribution in [0.3, 0.4) is 0 Å². The van der Waals surface area contributed by atoms with Crippen molar-refractivity contribution in [2.75, 3.05) is 26.2 Å². The molecule has 1 aromatic carbocycles. The topological polar surface area (TPSA) is 54.2 Å². The Kier molecular flexibility index (Phi) is 4.32. The first-order valence-electron chi connectivity index (χ1n) is 6.89. The summed E-state index contributed by atoms with van der Waals surface area (Å²) >= 11 is 3.17. The van der Waals surface area contributed by atoms with Crippen LogP contribution in [-0.4, -0.2) is 41.2 Å². The first-order chi connectivity index (χ1) is 10.1. The maximum absolute atomic E-state index is 13.3. The van der Waals surface area contributed by atoms with Gasteiger partial charge in [0.1, 0.15) is 5.82 Å². The van der Waals surface area contributed by atoms with Gasteiger partial charge in [-0.2, -0.15) is 4.98 Å². The number of piperazine rings is 1. The number of rotatable bonds is 3. The maximum atomic E-state index is 13.3. The molecule has 112 valence electrons. The Labute approximate surface area is 130 Å². The Bertz CT molecular complexity index is 627. The van der Waals surface area contributed by atoms with Gasteiger partial charge in [0.15, 0.2) is 0 Å². The summed E-state index contributed by atoms with van der Waals surface area (Å²) in [6, 6.07) is 4.76. The van der Waals surface area contributed by atoms with Gasteiger partial charge < -0.3 is 9.84 Å². The predicted octanol–water partition coefficient (Wildman–Crippen LogP) is 2.60. The van der Waals surface area contributed by atoms with E-state index in [4.69, 9.17) is 4.52 Å². The Balaban J connectivity index is 1.80. The van der Waals surface area contributed by atoms with Gasteiger partial charge in [-0.3, -0.25) is 4.90 Å². The van der Waals surface area contributed by atoms with Gasteiger partial charge in [0, 0.05) is 31.7 Å². The minimum absolute atomic E-state index is 0.0808. The summed E-state index contributed by atoms with van der Waals surface area (Å²) < 4.78 is 19.0. The van der Waals surface area contributed by atoms with Gasteiger partial charge in [-0.05, 0) is 41.1 Å². The Morgan fingerprint density at radius 3 is 2.86 bits per heavy atom. The van der Waals surface area contributed by atoms with Gasteiger partial charge >= 0.3 is 0 Å². The van der Waals surface area contributed by atoms with Gasteiger partial charge in [0.25, 0.3) is 0 Å². The Morgan fingerprint density at radius 1 is 1.38 bits per heavy atom. The monoisotopic (exact) mass is 354 g/mol. The van der Waals surface area contributed by atoms with Crippen molar-refractivity contribution in [3.8, 4) is 11.4 Å². The standard InChI is InChI=1S/C14H16BrFN4O/c1-9(20-6-4-17-5-7-20)14-18-13(19-21-14)10-2-3-12(16)11(15)8-10/h2-3,8-9,17H,4-7H2,1H3. The summed E-state index contributed by atoms with van der Waals surface area (Å²) in [6.45, 7) is 5.91. The molecule has 1 aliphatic rings. The highest BCUT2D eigenvalue weighted by atomic mass is 79.9. The van der Waals surface area contributed by atoms with Crippen LogP contribution < -0.4 is 5.32 Å². The van der Waals surface area contributed by atoms with Crippen molar-refractivity contribution in [1.82, 2.24) is 20.4 Å². The minimum atomic E-state index is -0.309. The molecule has 3 rings (SSSR count). The number of benzene rings is 1. The Morgan fingerprint density at radius 2 is 2.14 bits per heavy atom. The van der Waals surface area contributed by atoms with Crippen molar-refractivity contribution in [1.29, 1.82) is 0 Å². The molecule has 0 bridgehead atoms. The molecule has 1 N–H and O–H groups in total. The van der Waals surface area contributed by atoms with Crippen molar-refractivity contribution in [2.45, 2.75) is 13.0 Å². The lowest BCUT2D eigenvalue weighted by molar-refractivity contribution is 0.154. The van der Waals surface area contributed by atoms with Crippen LogP contribution >= 0.6 is 15.9 Å². The second-order valence-electron chi connectivity index (χ2n) is 5.05. The molecule has 0 aliphatic carbocycles. The molecule has 1 atom stereocenters. The molecule has 5 nitrogen and oxygen atoms in total. The number of halogens is 2. The van der Waals surface area contributed by atoms with E-state index in [1.807, 2.05) is 0 Å². The highest BCUT2D eigenvalue weighted by Crippen LogP contribution is 2.25. The SMILES string of the molecule is CC(c1nc(-c2ccc(F)c(Br)c2)no1)N1CCNCC1. The van der Waals surface area contributed by atoms with Crippen molar-refractivity contribution in [3.05, 3.63) is 34.4 Å². The lowest BCUT2D eigenvalue weighted by atomic mass is 10.2. The molecule has 1 aliphatic heterocycles. The van der Waals surface area contributed by atoms with Gasteiger partial charge in [0.2, 0.25) is 11.7 Å². The molecule has 0 radical (unpaired) electrons. The smallest absolute Gasteiger partial charge is 0.244 e. The van der Waals surface area contributed by atoms with E-state index >= 15 is 0 Å². The maximum Gasteiger partial charge on any atom is 0.244 e. The van der Waals surface area contributed by atoms with E-state index in [-0.39, 0.29) is 11.9 Å². The van der Waals surface area contributed by atoms with Crippen LogP contribution in [0.4, 0.5) is 4.39 Å². The van der Waals surface area contributed by atoms with E-state index in [9.17, 15) is 4.39 Å². The van der Waals surface area contributed by atoms with Crippen molar-refractivity contribution < 1.29 is 8.91 Å². The fourth-order valence-electron chi connectivity index (χ4n) is 2.38. The highest BCUT2D eigenvalue weighted by molar-refractivity contribution is 9.10. The lowest BCUT2D eigenvalue weighted by Crippen LogP contribution is -2.44. The van der Waals surface area contributed by atoms with E-state index < -0.39 is 0 Å². The second kappa shape index (κ2) is 6.21. The molecule has 1 saturated heterocycles. The molecular formula is C14H16BrFN4O. The number of nitrogens with zero attached hydrogens (tertiary/aromatic N) is 3. The van der Waals surface area contributed by atoms with Crippen LogP contribution in [0.15, 0.2) is 27.2 Å². The van der Waals surface area contributed by atoms with Gasteiger partial charge in [-0.25, -0.2) is 4.39 Å². The van der Waals surface area contributed by atoms with Crippen LogP contribution in [0.5, 0.6) is 0 Å². The molecule has 2 aromatic rings. The molecular weight excluding hydrogens is 339 g/mol. The summed E-state index contributed by atoms with van der Waals surface area (Å²) in [5, 5.41) is 7.32. The number of aromatic nitrogens is 2. The van der Waals surface area contributed by atoms with E-state index in [1.54, 1.807) is 12.1 Å². The van der Waals surface area contributed by atoms with Crippen molar-refractivity contribution in [3.63, 3.8) is 0 Å². The lowest BCUT2D eigenvalue weighted by Gasteiger charge is -2.30. The Hall–Kier alpha value is -1.31. The van der Waals surface area contributed by atoms with E-state index in [0.717, 1.165) is 31.7 Å². The minimum Gasteiger partial charge on any atom is -0.337 e. The molecule has 21 heavy (non-hydrogen) atoms. The molecule has 1 unspecified atom stereocenters. The summed E-state index contributed by atoms with van der Waals surface area (Å²) in [4.78, 5) is 6.74. The quantitative estimate of drug-likeness (QED) is 0.917. The molecule has 0 saturated carbocycles. The van der Waals surface area contributed by atoms with Crippen LogP contribution in [-0.2, 0) is 0 Å². The third-order valence-corrected chi connectivity index (χ3v) is 4.28. The fourth-order valence-corrected chi connectivity index (χ4v) is 2.76. The van der Waals surface area contributed by atoms with Crippen molar-refractivity contribution in [2.24, 2.45) is 0 Å². The number of nitrogens with one attached hydrogen (secondary N) is 1. The number of hydrogen-bond donors (Lipinski definition) is 1. The van der Waals surface area contributed by atoms with E-state index in [1.165, 1.54) is 6.07 Å². The average Bonchev–Trinajstić information content (AvgIpc) is 3.00. The summed E-state index contributed by atoms with van der Waals surface area (Å²) in [6.07, 6.45) is 0. The third kappa shape index (κ3) is 3.14. The van der Waals surface area contributed by atoms with Crippen molar-refractivity contribution >= 4 is 15.9 Å². The average molecular weight is 355 g/mol. The summed E-state index contributed by atoms with van der Waals surface area (Å²) in [5.74, 6) is 0.761. The molecule has 1 fully saturated rings. The third-order valence-electron chi connectivity index (χ3n) is 3.68. The van der Waals surface area contributed by atoms with Crippen LogP contribution in [0, 0.1) is 5.82 Å². The van der Waals surface area contributed by atoms with E-state index in [2.05, 4.69) is 43.2 Å². The van der Waals surface area contributed by atoms with Gasteiger partial charge in [0.05, 0.1) is 10.5 Å². The summed E-state index contributed by atoms with van der Waals surface area (Å²) in [7, 11) is 0. The normalized spacial score (nSPS) is 17.9. The van der Waals surface area contributed by atoms with Crippen LogP contribution in [0.1, 0.15) is 18.9 Å². The molecule has 0 spiro atoms. The molecule has 2 heterocycles. The summed E-state index contributed by atoms with van der Waals surface area (Å²) in [5.41, 5.74) is 0.728. The zero-order valence-electron chi connectivity index (χ0n) is 11.6. The van der Waals surface area contributed by atoms with Crippen LogP contribution in [0.25, 0.3) is 11.4 Å². The van der Waals surface area contributed by atoms with Crippen LogP contribution in [0.2, 0.25) is 0 Å². The first kappa shape index (κ1) is 14.6. The predicted molar refractivity (Wildman–Crippen MR) is 80.2 cm³/mol. The second-order valence-corrected chi connectivity index (χ2v) is 5.90. The first-order valence-corrected chi connectivity index (χ1v) is 7.68. The van der Waals surface area contributed by atoms with E-state index in [0.29, 0.717) is 16.2 Å². The zero-order valence-corrected chi connectivity index (χ0v) is 13.2. The molecule has 7 heteroatoms. The fraction of sp³-hybridized carbons (Fsp3) is 0.429. The van der Waals surface area contributed by atoms with Gasteiger partial charge in [-0.15, -0.1) is 0 Å².